The second kappa shape index (κ2) is 4.84. The number of ether oxygens (including phenoxy) is 1. The summed E-state index contributed by atoms with van der Waals surface area (Å²) in [6.07, 6.45) is 0.0431. The molecule has 0 radical (unpaired) electrons. The van der Waals surface area contributed by atoms with Crippen LogP contribution < -0.4 is 0 Å². The molecule has 1 aliphatic heterocycles. The number of carbonyl (C=O) groups excluding carboxylic acids is 1. The van der Waals surface area contributed by atoms with Crippen molar-refractivity contribution in [1.29, 1.82) is 0 Å². The van der Waals surface area contributed by atoms with Crippen LogP contribution >= 0.6 is 0 Å². The van der Waals surface area contributed by atoms with Crippen LogP contribution in [-0.2, 0) is 4.74 Å². The molecule has 1 unspecified atom stereocenters. The van der Waals surface area contributed by atoms with Crippen LogP contribution in [0.3, 0.4) is 0 Å². The molecule has 0 aliphatic carbocycles. The number of halogens is 1. The van der Waals surface area contributed by atoms with E-state index in [4.69, 9.17) is 4.74 Å². The van der Waals surface area contributed by atoms with Gasteiger partial charge in [0.2, 0.25) is 0 Å². The van der Waals surface area contributed by atoms with E-state index < -0.39 is 0 Å². The lowest BCUT2D eigenvalue weighted by Gasteiger charge is -2.31. The van der Waals surface area contributed by atoms with Crippen LogP contribution in [0, 0.1) is 12.7 Å². The van der Waals surface area contributed by atoms with Crippen LogP contribution in [0.4, 0.5) is 4.39 Å². The molecular weight excluding hydrogens is 221 g/mol. The predicted octanol–water partition coefficient (Wildman–Crippen LogP) is 2.00. The zero-order valence-electron chi connectivity index (χ0n) is 10.1. The Kier molecular flexibility index (Phi) is 3.43. The number of rotatable bonds is 1. The summed E-state index contributed by atoms with van der Waals surface area (Å²) in [4.78, 5) is 13.9. The van der Waals surface area contributed by atoms with Gasteiger partial charge in [0.1, 0.15) is 5.82 Å². The molecule has 1 atom stereocenters. The minimum Gasteiger partial charge on any atom is -0.375 e. The lowest BCUT2D eigenvalue weighted by Crippen LogP contribution is -2.44. The Labute approximate surface area is 100 Å². The van der Waals surface area contributed by atoms with E-state index in [0.717, 1.165) is 5.56 Å². The summed E-state index contributed by atoms with van der Waals surface area (Å²) in [6.45, 7) is 5.42. The average Bonchev–Trinajstić information content (AvgIpc) is 2.31. The summed E-state index contributed by atoms with van der Waals surface area (Å²) >= 11 is 0. The number of aryl methyl sites for hydroxylation is 1. The van der Waals surface area contributed by atoms with Gasteiger partial charge in [0.25, 0.3) is 5.91 Å². The summed E-state index contributed by atoms with van der Waals surface area (Å²) < 4.78 is 18.5. The van der Waals surface area contributed by atoms with E-state index in [2.05, 4.69) is 0 Å². The highest BCUT2D eigenvalue weighted by Gasteiger charge is 2.23. The maximum Gasteiger partial charge on any atom is 0.254 e. The molecule has 4 heteroatoms. The van der Waals surface area contributed by atoms with Crippen LogP contribution in [0.15, 0.2) is 18.2 Å². The highest BCUT2D eigenvalue weighted by Crippen LogP contribution is 2.15. The fourth-order valence-electron chi connectivity index (χ4n) is 2.00. The lowest BCUT2D eigenvalue weighted by atomic mass is 10.1. The number of benzene rings is 1. The first kappa shape index (κ1) is 12.0. The Hall–Kier alpha value is -1.42. The monoisotopic (exact) mass is 237 g/mol. The fraction of sp³-hybridized carbons (Fsp3) is 0.462. The largest absolute Gasteiger partial charge is 0.375 e. The maximum atomic E-state index is 13.2. The Morgan fingerprint density at radius 1 is 1.53 bits per heavy atom. The van der Waals surface area contributed by atoms with Crippen molar-refractivity contribution in [3.8, 4) is 0 Å². The number of morpholine rings is 1. The van der Waals surface area contributed by atoms with E-state index in [9.17, 15) is 9.18 Å². The van der Waals surface area contributed by atoms with Crippen molar-refractivity contribution in [2.75, 3.05) is 19.7 Å². The van der Waals surface area contributed by atoms with Gasteiger partial charge in [-0.05, 0) is 31.5 Å². The van der Waals surface area contributed by atoms with Crippen LogP contribution in [-0.4, -0.2) is 36.6 Å². The van der Waals surface area contributed by atoms with E-state index in [0.29, 0.717) is 25.3 Å². The van der Waals surface area contributed by atoms with Gasteiger partial charge < -0.3 is 9.64 Å². The Balaban J connectivity index is 2.21. The van der Waals surface area contributed by atoms with Crippen molar-refractivity contribution < 1.29 is 13.9 Å². The predicted molar refractivity (Wildman–Crippen MR) is 62.5 cm³/mol. The van der Waals surface area contributed by atoms with Gasteiger partial charge in [-0.1, -0.05) is 6.07 Å². The molecule has 1 fully saturated rings. The quantitative estimate of drug-likeness (QED) is 0.747. The first-order valence-electron chi connectivity index (χ1n) is 5.75. The summed E-state index contributed by atoms with van der Waals surface area (Å²) in [5.74, 6) is -0.489. The first-order chi connectivity index (χ1) is 8.08. The van der Waals surface area contributed by atoms with Gasteiger partial charge in [-0.2, -0.15) is 0 Å². The molecule has 1 aliphatic rings. The molecule has 1 amide bonds. The molecule has 17 heavy (non-hydrogen) atoms. The summed E-state index contributed by atoms with van der Waals surface area (Å²) in [5.41, 5.74) is 1.25. The van der Waals surface area contributed by atoms with Crippen LogP contribution in [0.1, 0.15) is 22.8 Å². The maximum absolute atomic E-state index is 13.2. The zero-order chi connectivity index (χ0) is 12.4. The normalized spacial score (nSPS) is 20.4. The summed E-state index contributed by atoms with van der Waals surface area (Å²) in [5, 5.41) is 0. The topological polar surface area (TPSA) is 29.5 Å². The molecule has 0 spiro atoms. The van der Waals surface area contributed by atoms with Crippen molar-refractivity contribution in [1.82, 2.24) is 4.90 Å². The van der Waals surface area contributed by atoms with Gasteiger partial charge in [0.15, 0.2) is 0 Å². The van der Waals surface area contributed by atoms with Crippen molar-refractivity contribution in [3.05, 3.63) is 35.1 Å². The molecule has 3 nitrogen and oxygen atoms in total. The minimum absolute atomic E-state index is 0.0431. The van der Waals surface area contributed by atoms with Crippen LogP contribution in [0.5, 0.6) is 0 Å². The van der Waals surface area contributed by atoms with Gasteiger partial charge in [0.05, 0.1) is 12.7 Å². The highest BCUT2D eigenvalue weighted by molar-refractivity contribution is 5.95. The number of nitrogens with zero attached hydrogens (tertiary/aromatic N) is 1. The lowest BCUT2D eigenvalue weighted by molar-refractivity contribution is -0.0124. The molecule has 0 bridgehead atoms. The minimum atomic E-state index is -0.375. The van der Waals surface area contributed by atoms with E-state index in [1.165, 1.54) is 12.1 Å². The average molecular weight is 237 g/mol. The zero-order valence-corrected chi connectivity index (χ0v) is 10.1. The second-order valence-electron chi connectivity index (χ2n) is 4.39. The third kappa shape index (κ3) is 2.64. The van der Waals surface area contributed by atoms with Crippen molar-refractivity contribution >= 4 is 5.91 Å². The molecule has 1 aromatic rings. The Bertz CT molecular complexity index is 433. The molecule has 0 saturated carbocycles. The van der Waals surface area contributed by atoms with E-state index in [-0.39, 0.29) is 17.8 Å². The van der Waals surface area contributed by atoms with E-state index in [1.54, 1.807) is 11.0 Å². The van der Waals surface area contributed by atoms with Crippen molar-refractivity contribution in [2.45, 2.75) is 20.0 Å². The number of hydrogen-bond acceptors (Lipinski definition) is 2. The summed E-state index contributed by atoms with van der Waals surface area (Å²) in [6, 6.07) is 4.30. The molecule has 1 heterocycles. The van der Waals surface area contributed by atoms with Gasteiger partial charge in [-0.3, -0.25) is 4.79 Å². The highest BCUT2D eigenvalue weighted by atomic mass is 19.1. The number of amides is 1. The second-order valence-corrected chi connectivity index (χ2v) is 4.39. The smallest absolute Gasteiger partial charge is 0.254 e. The molecule has 1 saturated heterocycles. The summed E-state index contributed by atoms with van der Waals surface area (Å²) in [7, 11) is 0. The third-order valence-electron chi connectivity index (χ3n) is 2.96. The van der Waals surface area contributed by atoms with Crippen LogP contribution in [0.25, 0.3) is 0 Å². The van der Waals surface area contributed by atoms with E-state index >= 15 is 0 Å². The van der Waals surface area contributed by atoms with Gasteiger partial charge in [-0.15, -0.1) is 0 Å². The van der Waals surface area contributed by atoms with Crippen LogP contribution in [0.2, 0.25) is 0 Å². The SMILES string of the molecule is Cc1ccc(F)cc1C(=O)N1CCOC(C)C1. The molecule has 0 aromatic heterocycles. The first-order valence-corrected chi connectivity index (χ1v) is 5.75. The van der Waals surface area contributed by atoms with E-state index in [1.807, 2.05) is 13.8 Å². The van der Waals surface area contributed by atoms with Gasteiger partial charge in [0, 0.05) is 18.7 Å². The third-order valence-corrected chi connectivity index (χ3v) is 2.96. The number of carbonyl (C=O) groups is 1. The van der Waals surface area contributed by atoms with Gasteiger partial charge in [-0.25, -0.2) is 4.39 Å². The Morgan fingerprint density at radius 3 is 3.00 bits per heavy atom. The standard InChI is InChI=1S/C13H16FNO2/c1-9-3-4-11(14)7-12(9)13(16)15-5-6-17-10(2)8-15/h3-4,7,10H,5-6,8H2,1-2H3. The number of hydrogen-bond donors (Lipinski definition) is 0. The molecule has 2 rings (SSSR count). The molecular formula is C13H16FNO2. The van der Waals surface area contributed by atoms with Crippen molar-refractivity contribution in [2.24, 2.45) is 0 Å². The Morgan fingerprint density at radius 2 is 2.29 bits per heavy atom. The van der Waals surface area contributed by atoms with Gasteiger partial charge >= 0.3 is 0 Å². The molecule has 0 N–H and O–H groups in total. The fourth-order valence-corrected chi connectivity index (χ4v) is 2.00. The molecule has 92 valence electrons. The molecule has 1 aromatic carbocycles. The van der Waals surface area contributed by atoms with Crippen molar-refractivity contribution in [3.63, 3.8) is 0 Å².